The molecule has 0 heterocycles. The van der Waals surface area contributed by atoms with Crippen LogP contribution in [0.1, 0.15) is 20.3 Å². The van der Waals surface area contributed by atoms with Crippen LogP contribution in [0.5, 0.6) is 0 Å². The van der Waals surface area contributed by atoms with Crippen LogP contribution in [0, 0.1) is 0 Å². The Kier molecular flexibility index (Phi) is 7.78. The van der Waals surface area contributed by atoms with Crippen LogP contribution >= 0.6 is 0 Å². The van der Waals surface area contributed by atoms with E-state index >= 15 is 0 Å². The molecule has 5 N–H and O–H groups in total. The Morgan fingerprint density at radius 3 is 2.42 bits per heavy atom. The van der Waals surface area contributed by atoms with Crippen molar-refractivity contribution in [2.45, 2.75) is 26.3 Å². The van der Waals surface area contributed by atoms with E-state index in [1.54, 1.807) is 6.92 Å². The minimum Gasteiger partial charge on any atom is -0.463 e. The maximum atomic E-state index is 10.9. The van der Waals surface area contributed by atoms with Crippen molar-refractivity contribution in [3.8, 4) is 0 Å². The molecule has 1 unspecified atom stereocenters. The van der Waals surface area contributed by atoms with Crippen LogP contribution in [-0.2, 0) is 9.53 Å². The maximum absolute atomic E-state index is 10.9. The molecule has 0 rings (SSSR count). The Morgan fingerprint density at radius 1 is 1.58 bits per heavy atom. The van der Waals surface area contributed by atoms with Gasteiger partial charge in [-0.25, -0.2) is 4.79 Å². The largest absolute Gasteiger partial charge is 0.463 e. The summed E-state index contributed by atoms with van der Waals surface area (Å²) in [6.45, 7) is 7.56. The zero-order valence-electron chi connectivity index (χ0n) is 7.80. The van der Waals surface area contributed by atoms with Crippen LogP contribution in [0.15, 0.2) is 12.2 Å². The Hall–Kier alpha value is -0.870. The SMILES string of the molecule is C=C(C(=O)OCC)C(N)CC.N. The molecular weight excluding hydrogens is 156 g/mol. The van der Waals surface area contributed by atoms with Crippen molar-refractivity contribution in [1.82, 2.24) is 6.15 Å². The molecule has 0 bridgehead atoms. The van der Waals surface area contributed by atoms with Crippen LogP contribution in [0.4, 0.5) is 0 Å². The number of rotatable bonds is 4. The lowest BCUT2D eigenvalue weighted by molar-refractivity contribution is -0.138. The number of nitrogens with two attached hydrogens (primary N) is 1. The molecule has 0 aromatic heterocycles. The lowest BCUT2D eigenvalue weighted by Gasteiger charge is -2.10. The summed E-state index contributed by atoms with van der Waals surface area (Å²) in [5, 5.41) is 0. The predicted molar refractivity (Wildman–Crippen MR) is 49.1 cm³/mol. The quantitative estimate of drug-likeness (QED) is 0.491. The smallest absolute Gasteiger partial charge is 0.334 e. The Balaban J connectivity index is 0. The molecule has 0 spiro atoms. The molecule has 0 aliphatic heterocycles. The molecule has 0 aromatic carbocycles. The second-order valence-corrected chi connectivity index (χ2v) is 2.26. The number of esters is 1. The van der Waals surface area contributed by atoms with Crippen molar-refractivity contribution in [2.75, 3.05) is 6.61 Å². The highest BCUT2D eigenvalue weighted by Crippen LogP contribution is 2.02. The summed E-state index contributed by atoms with van der Waals surface area (Å²) in [6, 6.07) is -0.269. The van der Waals surface area contributed by atoms with Crippen LogP contribution in [-0.4, -0.2) is 18.6 Å². The Bertz CT molecular complexity index is 157. The van der Waals surface area contributed by atoms with Gasteiger partial charge in [-0.15, -0.1) is 0 Å². The molecule has 0 aromatic rings. The van der Waals surface area contributed by atoms with Crippen molar-refractivity contribution in [1.29, 1.82) is 0 Å². The molecular formula is C8H18N2O2. The van der Waals surface area contributed by atoms with Crippen molar-refractivity contribution in [3.63, 3.8) is 0 Å². The van der Waals surface area contributed by atoms with Gasteiger partial charge in [0.1, 0.15) is 0 Å². The van der Waals surface area contributed by atoms with Gasteiger partial charge in [-0.3, -0.25) is 0 Å². The van der Waals surface area contributed by atoms with Gasteiger partial charge in [-0.2, -0.15) is 0 Å². The topological polar surface area (TPSA) is 87.3 Å². The van der Waals surface area contributed by atoms with Gasteiger partial charge in [-0.1, -0.05) is 13.5 Å². The molecule has 0 aliphatic carbocycles. The molecule has 0 amide bonds. The Morgan fingerprint density at radius 2 is 2.08 bits per heavy atom. The molecule has 0 aliphatic rings. The van der Waals surface area contributed by atoms with Crippen molar-refractivity contribution in [2.24, 2.45) is 5.73 Å². The van der Waals surface area contributed by atoms with E-state index in [9.17, 15) is 4.79 Å². The number of carbonyl (C=O) groups is 1. The molecule has 1 atom stereocenters. The number of ether oxygens (including phenoxy) is 1. The highest BCUT2D eigenvalue weighted by molar-refractivity contribution is 5.88. The van der Waals surface area contributed by atoms with Gasteiger partial charge in [0.25, 0.3) is 0 Å². The van der Waals surface area contributed by atoms with E-state index in [1.165, 1.54) is 0 Å². The fourth-order valence-corrected chi connectivity index (χ4v) is 0.622. The lowest BCUT2D eigenvalue weighted by Crippen LogP contribution is -2.26. The summed E-state index contributed by atoms with van der Waals surface area (Å²) >= 11 is 0. The van der Waals surface area contributed by atoms with Gasteiger partial charge < -0.3 is 16.6 Å². The second-order valence-electron chi connectivity index (χ2n) is 2.26. The van der Waals surface area contributed by atoms with Gasteiger partial charge in [0.15, 0.2) is 0 Å². The average Bonchev–Trinajstić information content (AvgIpc) is 2.02. The minimum absolute atomic E-state index is 0. The highest BCUT2D eigenvalue weighted by atomic mass is 16.5. The summed E-state index contributed by atoms with van der Waals surface area (Å²) in [7, 11) is 0. The van der Waals surface area contributed by atoms with E-state index in [0.717, 1.165) is 0 Å². The highest BCUT2D eigenvalue weighted by Gasteiger charge is 2.13. The fraction of sp³-hybridized carbons (Fsp3) is 0.625. The van der Waals surface area contributed by atoms with Crippen molar-refractivity contribution >= 4 is 5.97 Å². The summed E-state index contributed by atoms with van der Waals surface area (Å²) in [4.78, 5) is 10.9. The molecule has 0 saturated heterocycles. The third-order valence-corrected chi connectivity index (χ3v) is 1.43. The van der Waals surface area contributed by atoms with Crippen LogP contribution in [0.3, 0.4) is 0 Å². The number of carbonyl (C=O) groups excluding carboxylic acids is 1. The monoisotopic (exact) mass is 174 g/mol. The first-order valence-corrected chi connectivity index (χ1v) is 3.74. The van der Waals surface area contributed by atoms with E-state index < -0.39 is 0 Å². The van der Waals surface area contributed by atoms with Crippen molar-refractivity contribution in [3.05, 3.63) is 12.2 Å². The third kappa shape index (κ3) is 4.10. The first kappa shape index (κ1) is 13.7. The lowest BCUT2D eigenvalue weighted by atomic mass is 10.1. The van der Waals surface area contributed by atoms with Gasteiger partial charge in [0, 0.05) is 11.6 Å². The fourth-order valence-electron chi connectivity index (χ4n) is 0.622. The standard InChI is InChI=1S/C8H15NO2.H3N/c1-4-7(9)6(3)8(10)11-5-2;/h7H,3-5,9H2,1-2H3;1H3. The molecule has 72 valence electrons. The maximum Gasteiger partial charge on any atom is 0.334 e. The summed E-state index contributed by atoms with van der Waals surface area (Å²) in [5.74, 6) is -0.387. The zero-order valence-corrected chi connectivity index (χ0v) is 7.80. The van der Waals surface area contributed by atoms with E-state index in [-0.39, 0.29) is 18.2 Å². The van der Waals surface area contributed by atoms with Crippen LogP contribution < -0.4 is 11.9 Å². The molecule has 0 fully saturated rings. The molecule has 0 radical (unpaired) electrons. The average molecular weight is 174 g/mol. The van der Waals surface area contributed by atoms with E-state index in [4.69, 9.17) is 10.5 Å². The third-order valence-electron chi connectivity index (χ3n) is 1.43. The summed E-state index contributed by atoms with van der Waals surface area (Å²) in [5.41, 5.74) is 5.90. The van der Waals surface area contributed by atoms with Gasteiger partial charge >= 0.3 is 5.97 Å². The van der Waals surface area contributed by atoms with Gasteiger partial charge in [0.2, 0.25) is 0 Å². The van der Waals surface area contributed by atoms with Crippen molar-refractivity contribution < 1.29 is 9.53 Å². The van der Waals surface area contributed by atoms with Crippen LogP contribution in [0.2, 0.25) is 0 Å². The van der Waals surface area contributed by atoms with Gasteiger partial charge in [-0.05, 0) is 13.3 Å². The Labute approximate surface area is 73.4 Å². The predicted octanol–water partition coefficient (Wildman–Crippen LogP) is 1.00. The summed E-state index contributed by atoms with van der Waals surface area (Å²) < 4.78 is 4.71. The minimum atomic E-state index is -0.387. The first-order valence-electron chi connectivity index (χ1n) is 3.74. The molecule has 0 saturated carbocycles. The first-order chi connectivity index (χ1) is 5.13. The normalized spacial score (nSPS) is 11.2. The number of hydrogen-bond acceptors (Lipinski definition) is 4. The second kappa shape index (κ2) is 6.82. The van der Waals surface area contributed by atoms with Gasteiger partial charge in [0.05, 0.1) is 6.61 Å². The number of hydrogen-bond donors (Lipinski definition) is 2. The van der Waals surface area contributed by atoms with E-state index in [1.807, 2.05) is 6.92 Å². The zero-order chi connectivity index (χ0) is 8.85. The van der Waals surface area contributed by atoms with E-state index in [2.05, 4.69) is 6.58 Å². The van der Waals surface area contributed by atoms with Crippen LogP contribution in [0.25, 0.3) is 0 Å². The molecule has 4 heteroatoms. The summed E-state index contributed by atoms with van der Waals surface area (Å²) in [6.07, 6.45) is 0.706. The molecule has 12 heavy (non-hydrogen) atoms. The molecule has 4 nitrogen and oxygen atoms in total. The van der Waals surface area contributed by atoms with E-state index in [0.29, 0.717) is 18.6 Å².